The lowest BCUT2D eigenvalue weighted by atomic mass is 9.70. The van der Waals surface area contributed by atoms with Crippen LogP contribution >= 0.6 is 0 Å². The first-order valence-corrected chi connectivity index (χ1v) is 9.70. The lowest BCUT2D eigenvalue weighted by Gasteiger charge is -2.37. The molecular weight excluding hydrogens is 404 g/mol. The van der Waals surface area contributed by atoms with Gasteiger partial charge in [0.1, 0.15) is 18.0 Å². The lowest BCUT2D eigenvalue weighted by Crippen LogP contribution is -2.40. The number of carbonyl (C=O) groups excluding carboxylic acids is 2. The predicted molar refractivity (Wildman–Crippen MR) is 108 cm³/mol. The summed E-state index contributed by atoms with van der Waals surface area (Å²) in [5, 5.41) is 12.1. The molecule has 2 heterocycles. The third-order valence-electron chi connectivity index (χ3n) is 5.48. The normalized spacial score (nSPS) is 23.2. The second kappa shape index (κ2) is 8.50. The van der Waals surface area contributed by atoms with Crippen molar-refractivity contribution in [2.45, 2.75) is 12.0 Å². The molecule has 0 aromatic heterocycles. The maximum Gasteiger partial charge on any atom is 0.337 e. The fraction of sp³-hybridized carbons (Fsp3) is 0.304. The van der Waals surface area contributed by atoms with Crippen molar-refractivity contribution in [2.24, 2.45) is 0 Å². The minimum absolute atomic E-state index is 0.149. The molecule has 0 spiro atoms. The summed E-state index contributed by atoms with van der Waals surface area (Å²) in [5.41, 5.74) is -0.432. The number of ketones is 1. The van der Waals surface area contributed by atoms with Gasteiger partial charge in [-0.1, -0.05) is 18.2 Å². The molecule has 0 saturated carbocycles. The van der Waals surface area contributed by atoms with Crippen molar-refractivity contribution in [3.8, 4) is 5.75 Å². The highest BCUT2D eigenvalue weighted by Crippen LogP contribution is 2.47. The minimum Gasteiger partial charge on any atom is -0.497 e. The zero-order chi connectivity index (χ0) is 22.0. The maximum absolute atomic E-state index is 13.1. The van der Waals surface area contributed by atoms with E-state index in [-0.39, 0.29) is 29.9 Å². The van der Waals surface area contributed by atoms with Crippen LogP contribution in [0.5, 0.6) is 5.75 Å². The van der Waals surface area contributed by atoms with Crippen molar-refractivity contribution in [2.75, 3.05) is 34.0 Å². The van der Waals surface area contributed by atoms with Gasteiger partial charge < -0.3 is 24.2 Å². The fourth-order valence-corrected chi connectivity index (χ4v) is 3.93. The van der Waals surface area contributed by atoms with E-state index in [1.165, 1.54) is 14.2 Å². The fourth-order valence-electron chi connectivity index (χ4n) is 3.93. The first-order chi connectivity index (χ1) is 15.0. The van der Waals surface area contributed by atoms with Gasteiger partial charge in [-0.3, -0.25) is 4.79 Å². The van der Waals surface area contributed by atoms with Gasteiger partial charge >= 0.3 is 5.97 Å². The van der Waals surface area contributed by atoms with Crippen LogP contribution in [0.2, 0.25) is 0 Å². The number of esters is 1. The van der Waals surface area contributed by atoms with Crippen LogP contribution in [-0.2, 0) is 34.4 Å². The summed E-state index contributed by atoms with van der Waals surface area (Å²) in [6, 6.07) is 6.62. The minimum atomic E-state index is -1.95. The SMILES string of the molecule is COC(=O)C1=CC(=O)C(C2=CCOO2)=C(CC2=CCOC2)C1(O)c1ccc(OC)cc1. The largest absolute Gasteiger partial charge is 0.497 e. The quantitative estimate of drug-likeness (QED) is 0.419. The van der Waals surface area contributed by atoms with Crippen LogP contribution in [0.1, 0.15) is 12.0 Å². The molecule has 8 nitrogen and oxygen atoms in total. The van der Waals surface area contributed by atoms with E-state index in [1.807, 2.05) is 6.08 Å². The van der Waals surface area contributed by atoms with Crippen molar-refractivity contribution >= 4 is 11.8 Å². The van der Waals surface area contributed by atoms with Gasteiger partial charge in [0.05, 0.1) is 38.6 Å². The Balaban J connectivity index is 1.95. The van der Waals surface area contributed by atoms with Crippen molar-refractivity contribution in [1.82, 2.24) is 0 Å². The van der Waals surface area contributed by atoms with Crippen LogP contribution in [0, 0.1) is 0 Å². The van der Waals surface area contributed by atoms with E-state index in [1.54, 1.807) is 30.3 Å². The van der Waals surface area contributed by atoms with E-state index in [4.69, 9.17) is 24.0 Å². The first-order valence-electron chi connectivity index (χ1n) is 9.70. The molecule has 0 fully saturated rings. The van der Waals surface area contributed by atoms with Crippen LogP contribution in [0.3, 0.4) is 0 Å². The molecule has 162 valence electrons. The third-order valence-corrected chi connectivity index (χ3v) is 5.48. The number of allylic oxidation sites excluding steroid dienone is 2. The Hall–Kier alpha value is -3.20. The van der Waals surface area contributed by atoms with Gasteiger partial charge in [-0.25, -0.2) is 4.79 Å². The summed E-state index contributed by atoms with van der Waals surface area (Å²) < 4.78 is 15.5. The Bertz CT molecular complexity index is 1030. The topological polar surface area (TPSA) is 101 Å². The Labute approximate surface area is 178 Å². The first kappa shape index (κ1) is 21.0. The summed E-state index contributed by atoms with van der Waals surface area (Å²) >= 11 is 0. The van der Waals surface area contributed by atoms with Gasteiger partial charge in [0.15, 0.2) is 11.5 Å². The number of methoxy groups -OCH3 is 2. The van der Waals surface area contributed by atoms with Gasteiger partial charge in [0.25, 0.3) is 0 Å². The van der Waals surface area contributed by atoms with Crippen LogP contribution in [0.4, 0.5) is 0 Å². The van der Waals surface area contributed by atoms with Crippen molar-refractivity contribution in [3.05, 3.63) is 76.1 Å². The summed E-state index contributed by atoms with van der Waals surface area (Å²) in [7, 11) is 2.73. The van der Waals surface area contributed by atoms with E-state index in [9.17, 15) is 14.7 Å². The molecule has 0 amide bonds. The third kappa shape index (κ3) is 3.69. The molecule has 31 heavy (non-hydrogen) atoms. The van der Waals surface area contributed by atoms with Crippen LogP contribution in [0.25, 0.3) is 0 Å². The predicted octanol–water partition coefficient (Wildman–Crippen LogP) is 2.05. The van der Waals surface area contributed by atoms with E-state index >= 15 is 0 Å². The average molecular weight is 426 g/mol. The van der Waals surface area contributed by atoms with Crippen molar-refractivity contribution in [3.63, 3.8) is 0 Å². The molecule has 1 atom stereocenters. The van der Waals surface area contributed by atoms with Crippen molar-refractivity contribution < 1.29 is 38.7 Å². The van der Waals surface area contributed by atoms with Gasteiger partial charge in [0.2, 0.25) is 0 Å². The van der Waals surface area contributed by atoms with Gasteiger partial charge in [-0.2, -0.15) is 4.89 Å². The van der Waals surface area contributed by atoms with E-state index in [2.05, 4.69) is 0 Å². The number of hydrogen-bond donors (Lipinski definition) is 1. The Morgan fingerprint density at radius 3 is 2.52 bits per heavy atom. The number of benzene rings is 1. The number of carbonyl (C=O) groups is 2. The lowest BCUT2D eigenvalue weighted by molar-refractivity contribution is -0.231. The molecule has 8 heteroatoms. The summed E-state index contributed by atoms with van der Waals surface area (Å²) in [4.78, 5) is 35.9. The van der Waals surface area contributed by atoms with Crippen LogP contribution in [-0.4, -0.2) is 50.9 Å². The van der Waals surface area contributed by atoms with E-state index < -0.39 is 17.4 Å². The molecule has 1 N–H and O–H groups in total. The molecule has 2 aliphatic heterocycles. The van der Waals surface area contributed by atoms with Crippen LogP contribution in [0.15, 0.2) is 70.5 Å². The Morgan fingerprint density at radius 1 is 1.16 bits per heavy atom. The zero-order valence-corrected chi connectivity index (χ0v) is 17.2. The average Bonchev–Trinajstić information content (AvgIpc) is 3.50. The smallest absolute Gasteiger partial charge is 0.337 e. The number of ether oxygens (including phenoxy) is 3. The van der Waals surface area contributed by atoms with E-state index in [0.717, 1.165) is 11.6 Å². The van der Waals surface area contributed by atoms with Gasteiger partial charge in [0, 0.05) is 6.08 Å². The second-order valence-electron chi connectivity index (χ2n) is 7.20. The van der Waals surface area contributed by atoms with Crippen molar-refractivity contribution in [1.29, 1.82) is 0 Å². The van der Waals surface area contributed by atoms with E-state index in [0.29, 0.717) is 30.1 Å². The van der Waals surface area contributed by atoms with Gasteiger partial charge in [-0.05, 0) is 41.3 Å². The van der Waals surface area contributed by atoms with Gasteiger partial charge in [-0.15, -0.1) is 0 Å². The summed E-state index contributed by atoms with van der Waals surface area (Å²) in [6.45, 7) is 0.964. The zero-order valence-electron chi connectivity index (χ0n) is 17.2. The molecule has 0 radical (unpaired) electrons. The molecule has 3 aliphatic rings. The number of hydrogen-bond acceptors (Lipinski definition) is 8. The monoisotopic (exact) mass is 426 g/mol. The standard InChI is InChI=1S/C23H22O8/c1-27-16-5-3-15(4-6-16)23(26)17(11-14-7-9-29-13-14)21(20-8-10-30-31-20)19(24)12-18(23)22(25)28-2/h3-8,12,26H,9-11,13H2,1-2H3. The molecule has 1 aromatic carbocycles. The molecule has 4 rings (SSSR count). The number of rotatable bonds is 6. The molecule has 1 aliphatic carbocycles. The summed E-state index contributed by atoms with van der Waals surface area (Å²) in [6.07, 6.45) is 4.79. The molecule has 0 saturated heterocycles. The summed E-state index contributed by atoms with van der Waals surface area (Å²) in [5.74, 6) is -0.510. The molecule has 0 bridgehead atoms. The molecular formula is C23H22O8. The maximum atomic E-state index is 13.1. The molecule has 1 aromatic rings. The highest BCUT2D eigenvalue weighted by atomic mass is 17.2. The highest BCUT2D eigenvalue weighted by Gasteiger charge is 2.48. The van der Waals surface area contributed by atoms with Crippen LogP contribution < -0.4 is 4.74 Å². The molecule has 1 unspecified atom stereocenters. The number of aliphatic hydroxyl groups is 1. The highest BCUT2D eigenvalue weighted by molar-refractivity contribution is 6.14. The Kier molecular flexibility index (Phi) is 5.77. The second-order valence-corrected chi connectivity index (χ2v) is 7.20. The Morgan fingerprint density at radius 2 is 1.94 bits per heavy atom.